The van der Waals surface area contributed by atoms with E-state index < -0.39 is 0 Å². The Morgan fingerprint density at radius 3 is 2.25 bits per heavy atom. The molecule has 8 nitrogen and oxygen atoms in total. The number of amides is 1. The third-order valence-corrected chi connectivity index (χ3v) is 7.92. The highest BCUT2D eigenvalue weighted by molar-refractivity contribution is 5.87. The first kappa shape index (κ1) is 25.7. The van der Waals surface area contributed by atoms with Gasteiger partial charge in [0.2, 0.25) is 5.91 Å². The Morgan fingerprint density at radius 1 is 0.950 bits per heavy atom. The molecule has 40 heavy (non-hydrogen) atoms. The molecule has 1 N–H and O–H groups in total. The minimum Gasteiger partial charge on any atom is -0.342 e. The van der Waals surface area contributed by atoms with E-state index in [2.05, 4.69) is 47.3 Å². The van der Waals surface area contributed by atoms with Crippen molar-refractivity contribution in [2.75, 3.05) is 13.1 Å². The molecule has 2 aromatic heterocycles. The maximum atomic E-state index is 13.8. The Balaban J connectivity index is 1.22. The lowest BCUT2D eigenvalue weighted by atomic mass is 9.88. The number of hydrogen-bond acceptors (Lipinski definition) is 5. The third kappa shape index (κ3) is 5.04. The molecular weight excluding hydrogens is 500 g/mol. The topological polar surface area (TPSA) is 96.8 Å². The SMILES string of the molecule is Cc1ccc(C)c(Cn2nnc3c(=O)[nH]c(C4CCN(C(=O)C(c5ccccc5)c5ccccc5)CC4)nc32)c1. The minimum absolute atomic E-state index is 0.0390. The summed E-state index contributed by atoms with van der Waals surface area (Å²) in [6, 6.07) is 26.2. The van der Waals surface area contributed by atoms with Gasteiger partial charge < -0.3 is 9.88 Å². The van der Waals surface area contributed by atoms with Gasteiger partial charge in [-0.05, 0) is 48.9 Å². The number of piperidine rings is 1. The summed E-state index contributed by atoms with van der Waals surface area (Å²) >= 11 is 0. The van der Waals surface area contributed by atoms with Crippen LogP contribution in [-0.2, 0) is 11.3 Å². The van der Waals surface area contributed by atoms with Gasteiger partial charge in [-0.25, -0.2) is 9.67 Å². The molecule has 1 aliphatic rings. The number of rotatable bonds is 6. The van der Waals surface area contributed by atoms with Gasteiger partial charge in [0.05, 0.1) is 12.5 Å². The van der Waals surface area contributed by atoms with Gasteiger partial charge in [-0.3, -0.25) is 9.59 Å². The standard InChI is InChI=1S/C32H32N6O2/c1-21-13-14-22(2)26(19-21)20-38-30-28(35-36-38)31(39)34-29(33-30)25-15-17-37(18-16-25)32(40)27(23-9-5-3-6-10-23)24-11-7-4-8-12-24/h3-14,19,25,27H,15-18,20H2,1-2H3,(H,33,34,39). The molecule has 1 aliphatic heterocycles. The van der Waals surface area contributed by atoms with Crippen LogP contribution in [-0.4, -0.2) is 48.9 Å². The van der Waals surface area contributed by atoms with Gasteiger partial charge in [-0.15, -0.1) is 5.10 Å². The fourth-order valence-electron chi connectivity index (χ4n) is 5.64. The summed E-state index contributed by atoms with van der Waals surface area (Å²) in [4.78, 5) is 36.5. The van der Waals surface area contributed by atoms with Crippen LogP contribution in [0.25, 0.3) is 11.2 Å². The highest BCUT2D eigenvalue weighted by atomic mass is 16.2. The Hall–Kier alpha value is -4.59. The molecule has 0 unspecified atom stereocenters. The van der Waals surface area contributed by atoms with Crippen LogP contribution < -0.4 is 5.56 Å². The van der Waals surface area contributed by atoms with Crippen LogP contribution in [0.1, 0.15) is 58.3 Å². The van der Waals surface area contributed by atoms with Gasteiger partial charge in [-0.1, -0.05) is 89.6 Å². The summed E-state index contributed by atoms with van der Waals surface area (Å²) in [5.41, 5.74) is 5.87. The summed E-state index contributed by atoms with van der Waals surface area (Å²) in [6.45, 7) is 5.81. The van der Waals surface area contributed by atoms with Crippen molar-refractivity contribution in [3.05, 3.63) is 123 Å². The van der Waals surface area contributed by atoms with Crippen molar-refractivity contribution >= 4 is 17.1 Å². The van der Waals surface area contributed by atoms with Crippen molar-refractivity contribution in [2.24, 2.45) is 0 Å². The van der Waals surface area contributed by atoms with Crippen LogP contribution in [0.4, 0.5) is 0 Å². The third-order valence-electron chi connectivity index (χ3n) is 7.92. The molecule has 1 saturated heterocycles. The highest BCUT2D eigenvalue weighted by Crippen LogP contribution is 2.31. The lowest BCUT2D eigenvalue weighted by Crippen LogP contribution is -2.41. The number of aromatic amines is 1. The molecule has 0 radical (unpaired) electrons. The van der Waals surface area contributed by atoms with Crippen LogP contribution in [0.5, 0.6) is 0 Å². The van der Waals surface area contributed by atoms with E-state index in [0.717, 1.165) is 35.1 Å². The van der Waals surface area contributed by atoms with E-state index >= 15 is 0 Å². The largest absolute Gasteiger partial charge is 0.342 e. The van der Waals surface area contributed by atoms with Gasteiger partial charge in [0.1, 0.15) is 5.82 Å². The highest BCUT2D eigenvalue weighted by Gasteiger charge is 2.32. The Morgan fingerprint density at radius 2 is 1.60 bits per heavy atom. The van der Waals surface area contributed by atoms with E-state index in [1.165, 1.54) is 5.56 Å². The van der Waals surface area contributed by atoms with Gasteiger partial charge >= 0.3 is 0 Å². The number of nitrogens with one attached hydrogen (secondary N) is 1. The maximum absolute atomic E-state index is 13.8. The number of benzene rings is 3. The molecule has 0 spiro atoms. The van der Waals surface area contributed by atoms with Gasteiger partial charge in [0.15, 0.2) is 11.2 Å². The minimum atomic E-state index is -0.348. The van der Waals surface area contributed by atoms with E-state index in [0.29, 0.717) is 31.1 Å². The van der Waals surface area contributed by atoms with Crippen molar-refractivity contribution in [2.45, 2.75) is 45.1 Å². The lowest BCUT2D eigenvalue weighted by Gasteiger charge is -2.34. The molecule has 202 valence electrons. The van der Waals surface area contributed by atoms with Crippen molar-refractivity contribution in [3.8, 4) is 0 Å². The zero-order valence-corrected chi connectivity index (χ0v) is 22.7. The van der Waals surface area contributed by atoms with E-state index in [1.807, 2.05) is 65.6 Å². The second-order valence-electron chi connectivity index (χ2n) is 10.7. The molecule has 1 amide bonds. The number of aromatic nitrogens is 5. The number of aryl methyl sites for hydroxylation is 2. The van der Waals surface area contributed by atoms with Gasteiger partial charge in [-0.2, -0.15) is 0 Å². The number of H-pyrrole nitrogens is 1. The molecule has 0 atom stereocenters. The fraction of sp³-hybridized carbons (Fsp3) is 0.281. The Bertz CT molecular complexity index is 1660. The lowest BCUT2D eigenvalue weighted by molar-refractivity contribution is -0.133. The van der Waals surface area contributed by atoms with Crippen LogP contribution in [0, 0.1) is 13.8 Å². The summed E-state index contributed by atoms with van der Waals surface area (Å²) in [5, 5.41) is 8.37. The average Bonchev–Trinajstić information content (AvgIpc) is 3.39. The predicted molar refractivity (Wildman–Crippen MR) is 154 cm³/mol. The Labute approximate surface area is 232 Å². The number of fused-ring (bicyclic) bond motifs is 1. The van der Waals surface area contributed by atoms with Gasteiger partial charge in [0, 0.05) is 19.0 Å². The zero-order valence-electron chi connectivity index (χ0n) is 22.7. The number of hydrogen-bond donors (Lipinski definition) is 1. The van der Waals surface area contributed by atoms with E-state index in [1.54, 1.807) is 4.68 Å². The first-order valence-electron chi connectivity index (χ1n) is 13.8. The van der Waals surface area contributed by atoms with Crippen molar-refractivity contribution in [1.29, 1.82) is 0 Å². The predicted octanol–water partition coefficient (Wildman–Crippen LogP) is 4.72. The number of carbonyl (C=O) groups is 1. The molecule has 3 aromatic carbocycles. The second-order valence-corrected chi connectivity index (χ2v) is 10.7. The van der Waals surface area contributed by atoms with Crippen LogP contribution in [0.2, 0.25) is 0 Å². The van der Waals surface area contributed by atoms with Crippen LogP contribution in [0.15, 0.2) is 83.7 Å². The molecule has 0 saturated carbocycles. The first-order chi connectivity index (χ1) is 19.5. The van der Waals surface area contributed by atoms with Gasteiger partial charge in [0.25, 0.3) is 5.56 Å². The maximum Gasteiger partial charge on any atom is 0.281 e. The molecule has 5 aromatic rings. The smallest absolute Gasteiger partial charge is 0.281 e. The van der Waals surface area contributed by atoms with Crippen molar-refractivity contribution in [1.82, 2.24) is 29.9 Å². The fourth-order valence-corrected chi connectivity index (χ4v) is 5.64. The monoisotopic (exact) mass is 532 g/mol. The number of nitrogens with zero attached hydrogens (tertiary/aromatic N) is 5. The molecule has 3 heterocycles. The van der Waals surface area contributed by atoms with E-state index in [4.69, 9.17) is 4.98 Å². The van der Waals surface area contributed by atoms with Crippen LogP contribution >= 0.6 is 0 Å². The van der Waals surface area contributed by atoms with Crippen molar-refractivity contribution < 1.29 is 4.79 Å². The summed E-state index contributed by atoms with van der Waals surface area (Å²) in [6.07, 6.45) is 1.43. The number of carbonyl (C=O) groups excluding carboxylic acids is 1. The molecule has 6 rings (SSSR count). The molecule has 1 fully saturated rings. The molecule has 8 heteroatoms. The second kappa shape index (κ2) is 10.9. The normalized spacial score (nSPS) is 14.2. The van der Waals surface area contributed by atoms with Crippen molar-refractivity contribution in [3.63, 3.8) is 0 Å². The summed E-state index contributed by atoms with van der Waals surface area (Å²) in [5.74, 6) is 0.427. The zero-order chi connectivity index (χ0) is 27.6. The summed E-state index contributed by atoms with van der Waals surface area (Å²) < 4.78 is 1.71. The number of likely N-dealkylation sites (tertiary alicyclic amines) is 1. The van der Waals surface area contributed by atoms with Crippen LogP contribution in [0.3, 0.4) is 0 Å². The molecule has 0 aliphatic carbocycles. The quantitative estimate of drug-likeness (QED) is 0.341. The molecule has 0 bridgehead atoms. The van der Waals surface area contributed by atoms with E-state index in [-0.39, 0.29) is 28.8 Å². The summed E-state index contributed by atoms with van der Waals surface area (Å²) in [7, 11) is 0. The van der Waals surface area contributed by atoms with E-state index in [9.17, 15) is 9.59 Å². The Kier molecular flexibility index (Phi) is 6.99. The molecular formula is C32H32N6O2. The average molecular weight is 533 g/mol. The first-order valence-corrected chi connectivity index (χ1v) is 13.8.